The summed E-state index contributed by atoms with van der Waals surface area (Å²) in [7, 11) is 2.01. The van der Waals surface area contributed by atoms with Gasteiger partial charge in [-0.05, 0) is 63.3 Å². The lowest BCUT2D eigenvalue weighted by molar-refractivity contribution is 0.362. The van der Waals surface area contributed by atoms with E-state index in [-0.39, 0.29) is 0 Å². The Labute approximate surface area is 131 Å². The molecule has 1 aliphatic heterocycles. The highest BCUT2D eigenvalue weighted by Gasteiger charge is 2.35. The zero-order valence-corrected chi connectivity index (χ0v) is 14.1. The second-order valence-corrected chi connectivity index (χ2v) is 7.16. The van der Waals surface area contributed by atoms with Gasteiger partial charge in [-0.2, -0.15) is 0 Å². The molecule has 1 heterocycles. The average Bonchev–Trinajstić information content (AvgIpc) is 2.94. The number of rotatable bonds is 3. The van der Waals surface area contributed by atoms with Crippen LogP contribution in [0.2, 0.25) is 0 Å². The highest BCUT2D eigenvalue weighted by Crippen LogP contribution is 2.40. The molecule has 0 bridgehead atoms. The molecule has 3 atom stereocenters. The largest absolute Gasteiger partial charge is 0.368 e. The Bertz CT molecular complexity index is 474. The fraction of sp³-hybridized carbons (Fsp3) is 0.647. The fourth-order valence-corrected chi connectivity index (χ4v) is 4.69. The molecular formula is C17H25BrN2. The molecule has 1 aliphatic carbocycles. The lowest BCUT2D eigenvalue weighted by Gasteiger charge is -2.39. The van der Waals surface area contributed by atoms with Gasteiger partial charge >= 0.3 is 0 Å². The second-order valence-electron chi connectivity index (χ2n) is 6.31. The van der Waals surface area contributed by atoms with Crippen molar-refractivity contribution in [2.24, 2.45) is 5.92 Å². The van der Waals surface area contributed by atoms with Crippen molar-refractivity contribution in [3.05, 3.63) is 28.2 Å². The normalized spacial score (nSPS) is 27.4. The third-order valence-electron chi connectivity index (χ3n) is 5.21. The number of fused-ring (bicyclic) bond motifs is 1. The molecule has 3 unspecified atom stereocenters. The van der Waals surface area contributed by atoms with Crippen LogP contribution in [-0.4, -0.2) is 19.6 Å². The Kier molecular flexibility index (Phi) is 4.37. The van der Waals surface area contributed by atoms with E-state index in [9.17, 15) is 0 Å². The Balaban J connectivity index is 1.85. The number of anilines is 1. The number of hydrogen-bond acceptors (Lipinski definition) is 2. The van der Waals surface area contributed by atoms with Crippen molar-refractivity contribution in [1.82, 2.24) is 5.32 Å². The van der Waals surface area contributed by atoms with Crippen molar-refractivity contribution >= 4 is 21.6 Å². The van der Waals surface area contributed by atoms with E-state index in [1.807, 2.05) is 7.05 Å². The minimum absolute atomic E-state index is 0.388. The van der Waals surface area contributed by atoms with E-state index in [0.29, 0.717) is 6.04 Å². The SMILES string of the molecule is CNC(C)c1ccc(N2CCCC3CCCC32)cc1Br. The Morgan fingerprint density at radius 1 is 1.25 bits per heavy atom. The van der Waals surface area contributed by atoms with E-state index >= 15 is 0 Å². The van der Waals surface area contributed by atoms with Gasteiger partial charge in [0.2, 0.25) is 0 Å². The predicted molar refractivity (Wildman–Crippen MR) is 89.3 cm³/mol. The van der Waals surface area contributed by atoms with E-state index in [1.165, 1.54) is 54.4 Å². The maximum absolute atomic E-state index is 3.76. The lowest BCUT2D eigenvalue weighted by atomic mass is 9.91. The van der Waals surface area contributed by atoms with Gasteiger partial charge in [-0.3, -0.25) is 0 Å². The van der Waals surface area contributed by atoms with Crippen LogP contribution in [0.3, 0.4) is 0 Å². The summed E-state index contributed by atoms with van der Waals surface area (Å²) in [6.07, 6.45) is 7.04. The third kappa shape index (κ3) is 2.62. The number of hydrogen-bond donors (Lipinski definition) is 1. The van der Waals surface area contributed by atoms with Gasteiger partial charge in [-0.15, -0.1) is 0 Å². The summed E-state index contributed by atoms with van der Waals surface area (Å²) >= 11 is 3.76. The van der Waals surface area contributed by atoms with Crippen LogP contribution < -0.4 is 10.2 Å². The molecule has 20 heavy (non-hydrogen) atoms. The summed E-state index contributed by atoms with van der Waals surface area (Å²) in [5.41, 5.74) is 2.75. The number of piperidine rings is 1. The summed E-state index contributed by atoms with van der Waals surface area (Å²) in [5, 5.41) is 3.31. The van der Waals surface area contributed by atoms with Crippen molar-refractivity contribution in [2.45, 2.75) is 51.1 Å². The van der Waals surface area contributed by atoms with Gasteiger partial charge in [-0.1, -0.05) is 28.4 Å². The first-order valence-electron chi connectivity index (χ1n) is 7.94. The second kappa shape index (κ2) is 6.07. The van der Waals surface area contributed by atoms with Crippen LogP contribution in [-0.2, 0) is 0 Å². The van der Waals surface area contributed by atoms with E-state index < -0.39 is 0 Å². The first kappa shape index (κ1) is 14.4. The smallest absolute Gasteiger partial charge is 0.0380 e. The van der Waals surface area contributed by atoms with E-state index in [0.717, 1.165) is 12.0 Å². The summed E-state index contributed by atoms with van der Waals surface area (Å²) < 4.78 is 1.23. The molecule has 2 fully saturated rings. The quantitative estimate of drug-likeness (QED) is 0.874. The molecule has 110 valence electrons. The van der Waals surface area contributed by atoms with E-state index in [2.05, 4.69) is 51.3 Å². The average molecular weight is 337 g/mol. The minimum atomic E-state index is 0.388. The van der Waals surface area contributed by atoms with Crippen LogP contribution >= 0.6 is 15.9 Å². The van der Waals surface area contributed by atoms with Gasteiger partial charge in [-0.25, -0.2) is 0 Å². The summed E-state index contributed by atoms with van der Waals surface area (Å²) in [4.78, 5) is 2.67. The summed E-state index contributed by atoms with van der Waals surface area (Å²) in [5.74, 6) is 0.943. The highest BCUT2D eigenvalue weighted by atomic mass is 79.9. The number of nitrogens with zero attached hydrogens (tertiary/aromatic N) is 1. The number of benzene rings is 1. The maximum Gasteiger partial charge on any atom is 0.0380 e. The van der Waals surface area contributed by atoms with Crippen LogP contribution in [0.15, 0.2) is 22.7 Å². The molecule has 3 heteroatoms. The first-order valence-corrected chi connectivity index (χ1v) is 8.73. The third-order valence-corrected chi connectivity index (χ3v) is 5.90. The van der Waals surface area contributed by atoms with Crippen molar-refractivity contribution < 1.29 is 0 Å². The minimum Gasteiger partial charge on any atom is -0.368 e. The lowest BCUT2D eigenvalue weighted by Crippen LogP contribution is -2.42. The zero-order valence-electron chi connectivity index (χ0n) is 12.5. The summed E-state index contributed by atoms with van der Waals surface area (Å²) in [6, 6.07) is 8.10. The molecule has 1 aromatic carbocycles. The molecule has 1 aromatic rings. The Hall–Kier alpha value is -0.540. The molecule has 1 N–H and O–H groups in total. The number of nitrogens with one attached hydrogen (secondary N) is 1. The molecular weight excluding hydrogens is 312 g/mol. The molecule has 1 saturated heterocycles. The van der Waals surface area contributed by atoms with Gasteiger partial charge in [0.15, 0.2) is 0 Å². The molecule has 0 radical (unpaired) electrons. The van der Waals surface area contributed by atoms with Crippen LogP contribution in [0.5, 0.6) is 0 Å². The Morgan fingerprint density at radius 3 is 2.80 bits per heavy atom. The van der Waals surface area contributed by atoms with Crippen molar-refractivity contribution in [3.8, 4) is 0 Å². The predicted octanol–water partition coefficient (Wildman–Crippen LogP) is 4.50. The summed E-state index contributed by atoms with van der Waals surface area (Å²) in [6.45, 7) is 3.43. The van der Waals surface area contributed by atoms with Gasteiger partial charge < -0.3 is 10.2 Å². The highest BCUT2D eigenvalue weighted by molar-refractivity contribution is 9.10. The van der Waals surface area contributed by atoms with Gasteiger partial charge in [0.05, 0.1) is 0 Å². The number of halogens is 1. The Morgan fingerprint density at radius 2 is 2.05 bits per heavy atom. The van der Waals surface area contributed by atoms with Gasteiger partial charge in [0, 0.05) is 28.8 Å². The molecule has 0 spiro atoms. The van der Waals surface area contributed by atoms with Crippen molar-refractivity contribution in [2.75, 3.05) is 18.5 Å². The van der Waals surface area contributed by atoms with Crippen LogP contribution in [0.25, 0.3) is 0 Å². The van der Waals surface area contributed by atoms with Gasteiger partial charge in [0.25, 0.3) is 0 Å². The zero-order chi connectivity index (χ0) is 14.1. The molecule has 3 rings (SSSR count). The van der Waals surface area contributed by atoms with Crippen LogP contribution in [0.1, 0.15) is 50.6 Å². The van der Waals surface area contributed by atoms with E-state index in [1.54, 1.807) is 0 Å². The monoisotopic (exact) mass is 336 g/mol. The first-order chi connectivity index (χ1) is 9.70. The standard InChI is InChI=1S/C17H25BrN2/c1-12(19-2)15-9-8-14(11-16(15)18)20-10-4-6-13-5-3-7-17(13)20/h8-9,11-13,17,19H,3-7,10H2,1-2H3. The fourth-order valence-electron chi connectivity index (χ4n) is 3.98. The van der Waals surface area contributed by atoms with Crippen molar-refractivity contribution in [3.63, 3.8) is 0 Å². The molecule has 1 saturated carbocycles. The molecule has 0 aromatic heterocycles. The van der Waals surface area contributed by atoms with Gasteiger partial charge in [0.1, 0.15) is 0 Å². The molecule has 0 amide bonds. The topological polar surface area (TPSA) is 15.3 Å². The van der Waals surface area contributed by atoms with Crippen LogP contribution in [0.4, 0.5) is 5.69 Å². The van der Waals surface area contributed by atoms with Crippen molar-refractivity contribution in [1.29, 1.82) is 0 Å². The molecule has 2 nitrogen and oxygen atoms in total. The maximum atomic E-state index is 3.76. The molecule has 2 aliphatic rings. The van der Waals surface area contributed by atoms with E-state index in [4.69, 9.17) is 0 Å². The van der Waals surface area contributed by atoms with Crippen LogP contribution in [0, 0.1) is 5.92 Å².